The van der Waals surface area contributed by atoms with E-state index in [9.17, 15) is 30.8 Å². The maximum atomic E-state index is 13.6. The van der Waals surface area contributed by atoms with E-state index in [-0.39, 0.29) is 22.4 Å². The van der Waals surface area contributed by atoms with Crippen LogP contribution in [0.25, 0.3) is 0 Å². The van der Waals surface area contributed by atoms with Crippen molar-refractivity contribution in [1.29, 1.82) is 0 Å². The van der Waals surface area contributed by atoms with Crippen LogP contribution in [0, 0.1) is 5.92 Å². The Labute approximate surface area is 235 Å². The highest BCUT2D eigenvalue weighted by Gasteiger charge is 2.61. The number of sulfonamides is 1. The molecule has 41 heavy (non-hydrogen) atoms. The van der Waals surface area contributed by atoms with Gasteiger partial charge in [-0.15, -0.1) is 26.6 Å². The lowest BCUT2D eigenvalue weighted by Gasteiger charge is -2.35. The number of alkyl halides is 4. The lowest BCUT2D eigenvalue weighted by Crippen LogP contribution is -2.50. The fraction of sp³-hybridized carbons (Fsp3) is 0.565. The molecule has 2 saturated carbocycles. The van der Waals surface area contributed by atoms with Crippen molar-refractivity contribution in [2.45, 2.75) is 67.3 Å². The lowest BCUT2D eigenvalue weighted by molar-refractivity contribution is -0.119. The van der Waals surface area contributed by atoms with Crippen LogP contribution in [0.5, 0.6) is 5.88 Å². The molecule has 3 aromatic heterocycles. The van der Waals surface area contributed by atoms with Gasteiger partial charge in [0.15, 0.2) is 0 Å². The largest absolute Gasteiger partial charge is 0.480 e. The number of hydrogen-bond acceptors (Lipinski definition) is 9. The predicted octanol–water partition coefficient (Wildman–Crippen LogP) is 3.23. The molecule has 0 aliphatic heterocycles. The van der Waals surface area contributed by atoms with E-state index in [1.807, 2.05) is 0 Å². The molecule has 0 spiro atoms. The molecule has 3 N–H and O–H groups in total. The van der Waals surface area contributed by atoms with Crippen molar-refractivity contribution in [2.24, 2.45) is 13.0 Å². The molecule has 222 valence electrons. The molecule has 3 aliphatic carbocycles. The number of ether oxygens (including phenoxy) is 1. The zero-order valence-electron chi connectivity index (χ0n) is 21.8. The maximum absolute atomic E-state index is 13.6. The summed E-state index contributed by atoms with van der Waals surface area (Å²) >= 11 is 1.00. The minimum absolute atomic E-state index is 0.0916. The standard InChI is InChI=1S/C23H26F4N8O4S2/c1-34-16(6-17(32-34)39-2)29-21-31-28-10-35(21)12-3-4-15-13(5-12)18(41(37,38)33-11-7-22(24,25)8-11)20(40-15)30-19(36)14-9-23(14,26)27/h6,10-12,14,33H,3-5,7-9H2,1-2H3,(H,29,31)(H,30,36)/t12-,14?/m0/s1. The van der Waals surface area contributed by atoms with Crippen LogP contribution in [-0.2, 0) is 34.7 Å². The average molecular weight is 619 g/mol. The molecule has 6 rings (SSSR count). The van der Waals surface area contributed by atoms with Crippen LogP contribution in [0.3, 0.4) is 0 Å². The number of hydrogen-bond donors (Lipinski definition) is 3. The second-order valence-corrected chi connectivity index (χ2v) is 13.3. The summed E-state index contributed by atoms with van der Waals surface area (Å²) in [6, 6.07) is 0.365. The van der Waals surface area contributed by atoms with Crippen molar-refractivity contribution < 1.29 is 35.5 Å². The number of aryl methyl sites for hydroxylation is 2. The van der Waals surface area contributed by atoms with Gasteiger partial charge in [0.2, 0.25) is 27.8 Å². The van der Waals surface area contributed by atoms with E-state index in [0.29, 0.717) is 40.9 Å². The molecule has 3 aromatic rings. The molecule has 0 aromatic carbocycles. The van der Waals surface area contributed by atoms with Gasteiger partial charge >= 0.3 is 0 Å². The quantitative estimate of drug-likeness (QED) is 0.310. The second-order valence-electron chi connectivity index (χ2n) is 10.5. The molecule has 0 bridgehead atoms. The van der Waals surface area contributed by atoms with Crippen molar-refractivity contribution in [3.8, 4) is 5.88 Å². The Bertz CT molecular complexity index is 1610. The van der Waals surface area contributed by atoms with E-state index >= 15 is 0 Å². The van der Waals surface area contributed by atoms with E-state index in [2.05, 4.69) is 30.7 Å². The van der Waals surface area contributed by atoms with Crippen molar-refractivity contribution in [2.75, 3.05) is 17.7 Å². The number of nitrogens with zero attached hydrogens (tertiary/aromatic N) is 5. The van der Waals surface area contributed by atoms with Gasteiger partial charge in [0.25, 0.3) is 11.8 Å². The smallest absolute Gasteiger partial charge is 0.260 e. The third kappa shape index (κ3) is 5.27. The summed E-state index contributed by atoms with van der Waals surface area (Å²) in [5, 5.41) is 17.8. The van der Waals surface area contributed by atoms with Crippen LogP contribution in [0.4, 0.5) is 34.3 Å². The predicted molar refractivity (Wildman–Crippen MR) is 138 cm³/mol. The fourth-order valence-corrected chi connectivity index (χ4v) is 8.44. The molecule has 12 nitrogen and oxygen atoms in total. The molecule has 2 fully saturated rings. The SMILES string of the molecule is COc1cc(Nc2nncn2[C@H]2CCc3sc(NC(=O)C4CC4(F)F)c(S(=O)(=O)NC4CC(F)(F)C4)c3C2)n(C)n1. The maximum Gasteiger partial charge on any atom is 0.260 e. The zero-order chi connectivity index (χ0) is 29.3. The molecule has 1 amide bonds. The first-order valence-electron chi connectivity index (χ1n) is 12.7. The molecular formula is C23H26F4N8O4S2. The van der Waals surface area contributed by atoms with Gasteiger partial charge in [0.05, 0.1) is 7.11 Å². The fourth-order valence-electron chi connectivity index (χ4n) is 5.23. The van der Waals surface area contributed by atoms with Crippen LogP contribution < -0.4 is 20.1 Å². The summed E-state index contributed by atoms with van der Waals surface area (Å²) in [6.45, 7) is 0. The number of aromatic nitrogens is 5. The van der Waals surface area contributed by atoms with Crippen LogP contribution in [0.15, 0.2) is 17.3 Å². The average Bonchev–Trinajstić information content (AvgIpc) is 3.24. The number of thiophene rings is 1. The number of carbonyl (C=O) groups excluding carboxylic acids is 1. The van der Waals surface area contributed by atoms with Crippen molar-refractivity contribution in [3.63, 3.8) is 0 Å². The number of carbonyl (C=O) groups is 1. The topological polar surface area (TPSA) is 145 Å². The Balaban J connectivity index is 1.30. The molecule has 0 saturated heterocycles. The lowest BCUT2D eigenvalue weighted by atomic mass is 9.89. The Morgan fingerprint density at radius 3 is 2.59 bits per heavy atom. The van der Waals surface area contributed by atoms with Crippen molar-refractivity contribution >= 4 is 44.0 Å². The van der Waals surface area contributed by atoms with Gasteiger partial charge in [-0.2, -0.15) is 0 Å². The number of rotatable bonds is 9. The Morgan fingerprint density at radius 1 is 1.22 bits per heavy atom. The Kier molecular flexibility index (Phi) is 6.57. The number of fused-ring (bicyclic) bond motifs is 1. The number of nitrogens with one attached hydrogen (secondary N) is 3. The van der Waals surface area contributed by atoms with Gasteiger partial charge in [-0.1, -0.05) is 0 Å². The highest BCUT2D eigenvalue weighted by Crippen LogP contribution is 2.50. The van der Waals surface area contributed by atoms with Crippen molar-refractivity contribution in [3.05, 3.63) is 22.8 Å². The van der Waals surface area contributed by atoms with Gasteiger partial charge in [0, 0.05) is 49.3 Å². The van der Waals surface area contributed by atoms with Crippen LogP contribution in [0.2, 0.25) is 0 Å². The number of halogens is 4. The molecule has 1 unspecified atom stereocenters. The summed E-state index contributed by atoms with van der Waals surface area (Å²) in [7, 11) is -1.20. The minimum Gasteiger partial charge on any atom is -0.480 e. The van der Waals surface area contributed by atoms with Gasteiger partial charge in [-0.05, 0) is 24.8 Å². The van der Waals surface area contributed by atoms with E-state index < -0.39 is 59.0 Å². The molecule has 0 radical (unpaired) electrons. The Morgan fingerprint density at radius 2 is 1.95 bits per heavy atom. The number of anilines is 3. The third-order valence-corrected chi connectivity index (χ3v) is 10.5. The monoisotopic (exact) mass is 618 g/mol. The zero-order valence-corrected chi connectivity index (χ0v) is 23.5. The van der Waals surface area contributed by atoms with Crippen LogP contribution in [-0.4, -0.2) is 63.9 Å². The van der Waals surface area contributed by atoms with E-state index in [1.54, 1.807) is 22.4 Å². The van der Waals surface area contributed by atoms with Gasteiger partial charge in [0.1, 0.15) is 28.0 Å². The first-order chi connectivity index (χ1) is 19.3. The molecule has 2 atom stereocenters. The minimum atomic E-state index is -4.39. The van der Waals surface area contributed by atoms with E-state index in [1.165, 1.54) is 13.4 Å². The Hall–Kier alpha value is -3.25. The van der Waals surface area contributed by atoms with Gasteiger partial charge in [-0.25, -0.2) is 35.4 Å². The molecular weight excluding hydrogens is 592 g/mol. The van der Waals surface area contributed by atoms with Crippen molar-refractivity contribution in [1.82, 2.24) is 29.3 Å². The van der Waals surface area contributed by atoms with Gasteiger partial charge < -0.3 is 15.4 Å². The normalized spacial score (nSPS) is 23.0. The second kappa shape index (κ2) is 9.65. The number of methoxy groups -OCH3 is 1. The summed E-state index contributed by atoms with van der Waals surface area (Å²) in [6.07, 6.45) is 0.747. The molecule has 3 aliphatic rings. The van der Waals surface area contributed by atoms with Crippen LogP contribution >= 0.6 is 11.3 Å². The number of amides is 1. The van der Waals surface area contributed by atoms with E-state index in [0.717, 1.165) is 11.3 Å². The van der Waals surface area contributed by atoms with E-state index in [4.69, 9.17) is 4.74 Å². The third-order valence-electron chi connectivity index (χ3n) is 7.52. The van der Waals surface area contributed by atoms with Crippen LogP contribution in [0.1, 0.15) is 42.2 Å². The summed E-state index contributed by atoms with van der Waals surface area (Å²) in [4.78, 5) is 12.9. The molecule has 3 heterocycles. The first kappa shape index (κ1) is 27.9. The highest BCUT2D eigenvalue weighted by atomic mass is 32.2. The summed E-state index contributed by atoms with van der Waals surface area (Å²) < 4.78 is 91.9. The van der Waals surface area contributed by atoms with Gasteiger partial charge in [-0.3, -0.25) is 9.36 Å². The molecule has 18 heteroatoms. The highest BCUT2D eigenvalue weighted by molar-refractivity contribution is 7.90. The summed E-state index contributed by atoms with van der Waals surface area (Å²) in [5.74, 6) is -7.31. The summed E-state index contributed by atoms with van der Waals surface area (Å²) in [5.41, 5.74) is 0.393. The first-order valence-corrected chi connectivity index (χ1v) is 15.0.